The minimum Gasteiger partial charge on any atom is -0.478 e. The van der Waals surface area contributed by atoms with E-state index in [0.29, 0.717) is 11.4 Å². The van der Waals surface area contributed by atoms with Crippen LogP contribution in [0.15, 0.2) is 18.2 Å². The van der Waals surface area contributed by atoms with Crippen molar-refractivity contribution in [2.75, 3.05) is 0 Å². The normalized spacial score (nSPS) is 10.4. The highest BCUT2D eigenvalue weighted by Gasteiger charge is 2.16. The van der Waals surface area contributed by atoms with Crippen LogP contribution in [0.25, 0.3) is 0 Å². The summed E-state index contributed by atoms with van der Waals surface area (Å²) in [5.74, 6) is 0.495. The summed E-state index contributed by atoms with van der Waals surface area (Å²) in [5.41, 5.74) is 5.97. The molecule has 19 heavy (non-hydrogen) atoms. The van der Waals surface area contributed by atoms with Crippen molar-refractivity contribution in [1.29, 1.82) is 0 Å². The molecular weight excluding hydrogens is 252 g/mol. The number of rotatable bonds is 5. The Bertz CT molecular complexity index is 597. The second kappa shape index (κ2) is 5.40. The molecule has 0 radical (unpaired) electrons. The van der Waals surface area contributed by atoms with Crippen LogP contribution in [-0.4, -0.2) is 25.1 Å². The maximum Gasteiger partial charge on any atom is 0.311 e. The molecule has 0 aliphatic rings. The van der Waals surface area contributed by atoms with Gasteiger partial charge in [-0.2, -0.15) is 4.80 Å². The number of ether oxygens (including phenoxy) is 1. The van der Waals surface area contributed by atoms with Crippen molar-refractivity contribution in [3.8, 4) is 5.75 Å². The monoisotopic (exact) mass is 264 g/mol. The fourth-order valence-electron chi connectivity index (χ4n) is 1.48. The van der Waals surface area contributed by atoms with Crippen LogP contribution in [0.2, 0.25) is 0 Å². The molecule has 0 saturated heterocycles. The summed E-state index contributed by atoms with van der Waals surface area (Å²) in [4.78, 5) is 11.7. The van der Waals surface area contributed by atoms with E-state index in [1.54, 1.807) is 13.1 Å². The van der Waals surface area contributed by atoms with E-state index in [0.717, 1.165) is 0 Å². The maximum absolute atomic E-state index is 10.9. The highest BCUT2D eigenvalue weighted by molar-refractivity contribution is 5.48. The first-order valence-corrected chi connectivity index (χ1v) is 5.43. The molecule has 9 heteroatoms. The lowest BCUT2D eigenvalue weighted by molar-refractivity contribution is -0.386. The van der Waals surface area contributed by atoms with Gasteiger partial charge in [0.1, 0.15) is 0 Å². The number of nitrogens with two attached hydrogens (primary N) is 1. The molecule has 2 aromatic rings. The quantitative estimate of drug-likeness (QED) is 0.602. The summed E-state index contributed by atoms with van der Waals surface area (Å²) in [5, 5.41) is 22.2. The van der Waals surface area contributed by atoms with Crippen molar-refractivity contribution in [2.24, 2.45) is 12.8 Å². The highest BCUT2D eigenvalue weighted by atomic mass is 16.6. The number of hydrogen-bond donors (Lipinski definition) is 1. The summed E-state index contributed by atoms with van der Waals surface area (Å²) in [6.07, 6.45) is 0. The van der Waals surface area contributed by atoms with Gasteiger partial charge in [0, 0.05) is 12.6 Å². The van der Waals surface area contributed by atoms with Crippen LogP contribution < -0.4 is 10.5 Å². The Hall–Kier alpha value is -2.55. The van der Waals surface area contributed by atoms with Gasteiger partial charge in [-0.3, -0.25) is 10.1 Å². The third-order valence-electron chi connectivity index (χ3n) is 2.36. The van der Waals surface area contributed by atoms with Crippen molar-refractivity contribution in [3.05, 3.63) is 39.7 Å². The fourth-order valence-corrected chi connectivity index (χ4v) is 1.48. The SMILES string of the molecule is Cn1nnc(COc2ccc(CN)cc2[N+](=O)[O-])n1. The zero-order valence-electron chi connectivity index (χ0n) is 10.2. The number of benzene rings is 1. The van der Waals surface area contributed by atoms with Gasteiger partial charge < -0.3 is 10.5 Å². The lowest BCUT2D eigenvalue weighted by Gasteiger charge is -2.05. The van der Waals surface area contributed by atoms with Crippen LogP contribution in [0, 0.1) is 10.1 Å². The van der Waals surface area contributed by atoms with Crippen molar-refractivity contribution in [3.63, 3.8) is 0 Å². The second-order valence-corrected chi connectivity index (χ2v) is 3.75. The largest absolute Gasteiger partial charge is 0.478 e. The van der Waals surface area contributed by atoms with Gasteiger partial charge in [-0.25, -0.2) is 0 Å². The van der Waals surface area contributed by atoms with Crippen molar-refractivity contribution < 1.29 is 9.66 Å². The Morgan fingerprint density at radius 2 is 2.32 bits per heavy atom. The number of aryl methyl sites for hydroxylation is 1. The summed E-state index contributed by atoms with van der Waals surface area (Å²) >= 11 is 0. The summed E-state index contributed by atoms with van der Waals surface area (Å²) in [7, 11) is 1.62. The van der Waals surface area contributed by atoms with Gasteiger partial charge in [0.15, 0.2) is 12.4 Å². The summed E-state index contributed by atoms with van der Waals surface area (Å²) in [6, 6.07) is 4.57. The van der Waals surface area contributed by atoms with E-state index in [1.807, 2.05) is 0 Å². The van der Waals surface area contributed by atoms with E-state index < -0.39 is 4.92 Å². The van der Waals surface area contributed by atoms with Crippen LogP contribution >= 0.6 is 0 Å². The minimum atomic E-state index is -0.515. The summed E-state index contributed by atoms with van der Waals surface area (Å²) in [6.45, 7) is 0.240. The first-order chi connectivity index (χ1) is 9.10. The molecular formula is C10H12N6O3. The number of hydrogen-bond acceptors (Lipinski definition) is 7. The van der Waals surface area contributed by atoms with Crippen LogP contribution in [-0.2, 0) is 20.2 Å². The predicted octanol–water partition coefficient (Wildman–Crippen LogP) is 0.156. The van der Waals surface area contributed by atoms with E-state index >= 15 is 0 Å². The Morgan fingerprint density at radius 1 is 1.53 bits per heavy atom. The smallest absolute Gasteiger partial charge is 0.311 e. The van der Waals surface area contributed by atoms with Crippen molar-refractivity contribution in [1.82, 2.24) is 20.2 Å². The molecule has 0 atom stereocenters. The Kier molecular flexibility index (Phi) is 3.66. The molecule has 2 rings (SSSR count). The number of nitrogens with zero attached hydrogens (tertiary/aromatic N) is 5. The van der Waals surface area contributed by atoms with Crippen molar-refractivity contribution >= 4 is 5.69 Å². The first kappa shape index (κ1) is 12.9. The summed E-state index contributed by atoms with van der Waals surface area (Å²) < 4.78 is 5.34. The average molecular weight is 264 g/mol. The average Bonchev–Trinajstić information content (AvgIpc) is 2.82. The maximum atomic E-state index is 10.9. The predicted molar refractivity (Wildman–Crippen MR) is 64.1 cm³/mol. The third kappa shape index (κ3) is 3.01. The molecule has 0 saturated carbocycles. The van der Waals surface area contributed by atoms with Gasteiger partial charge in [0.05, 0.1) is 12.0 Å². The first-order valence-electron chi connectivity index (χ1n) is 5.43. The molecule has 0 aliphatic heterocycles. The highest BCUT2D eigenvalue weighted by Crippen LogP contribution is 2.28. The van der Waals surface area contributed by atoms with Crippen LogP contribution in [0.4, 0.5) is 5.69 Å². The zero-order valence-corrected chi connectivity index (χ0v) is 10.2. The second-order valence-electron chi connectivity index (χ2n) is 3.75. The van der Waals surface area contributed by atoms with E-state index in [2.05, 4.69) is 15.4 Å². The zero-order chi connectivity index (χ0) is 13.8. The number of aromatic nitrogens is 4. The van der Waals surface area contributed by atoms with Gasteiger partial charge in [-0.05, 0) is 16.8 Å². The van der Waals surface area contributed by atoms with E-state index in [9.17, 15) is 10.1 Å². The molecule has 0 aliphatic carbocycles. The molecule has 1 aromatic carbocycles. The lowest BCUT2D eigenvalue weighted by Crippen LogP contribution is -2.03. The Morgan fingerprint density at radius 3 is 2.89 bits per heavy atom. The molecule has 1 aromatic heterocycles. The molecule has 2 N–H and O–H groups in total. The number of nitro benzene ring substituents is 1. The third-order valence-corrected chi connectivity index (χ3v) is 2.36. The number of tetrazole rings is 1. The molecule has 0 spiro atoms. The fraction of sp³-hybridized carbons (Fsp3) is 0.300. The molecule has 0 unspecified atom stereocenters. The van der Waals surface area contributed by atoms with Gasteiger partial charge in [0.25, 0.3) is 0 Å². The van der Waals surface area contributed by atoms with Crippen LogP contribution in [0.5, 0.6) is 5.75 Å². The van der Waals surface area contributed by atoms with Gasteiger partial charge in [0.2, 0.25) is 5.82 Å². The topological polar surface area (TPSA) is 122 Å². The standard InChI is InChI=1S/C10H12N6O3/c1-15-13-10(12-14-15)6-19-9-3-2-7(5-11)4-8(9)16(17)18/h2-4H,5-6,11H2,1H3. The van der Waals surface area contributed by atoms with Crippen LogP contribution in [0.1, 0.15) is 11.4 Å². The molecule has 100 valence electrons. The molecule has 9 nitrogen and oxygen atoms in total. The lowest BCUT2D eigenvalue weighted by atomic mass is 10.2. The van der Waals surface area contributed by atoms with Crippen LogP contribution in [0.3, 0.4) is 0 Å². The molecule has 0 bridgehead atoms. The van der Waals surface area contributed by atoms with E-state index in [1.165, 1.54) is 16.9 Å². The van der Waals surface area contributed by atoms with E-state index in [-0.39, 0.29) is 24.6 Å². The Balaban J connectivity index is 2.17. The molecule has 1 heterocycles. The molecule has 0 fully saturated rings. The molecule has 0 amide bonds. The minimum absolute atomic E-state index is 0.0106. The van der Waals surface area contributed by atoms with E-state index in [4.69, 9.17) is 10.5 Å². The number of nitro groups is 1. The van der Waals surface area contributed by atoms with Gasteiger partial charge >= 0.3 is 5.69 Å². The Labute approximate surface area is 108 Å². The van der Waals surface area contributed by atoms with Crippen molar-refractivity contribution in [2.45, 2.75) is 13.2 Å². The van der Waals surface area contributed by atoms with Gasteiger partial charge in [-0.1, -0.05) is 6.07 Å². The van der Waals surface area contributed by atoms with Gasteiger partial charge in [-0.15, -0.1) is 10.2 Å².